The van der Waals surface area contributed by atoms with Crippen LogP contribution in [-0.4, -0.2) is 22.5 Å². The zero-order chi connectivity index (χ0) is 15.5. The summed E-state index contributed by atoms with van der Waals surface area (Å²) in [6.07, 6.45) is 0. The lowest BCUT2D eigenvalue weighted by molar-refractivity contribution is 0.609. The number of azo groups is 1. The van der Waals surface area contributed by atoms with E-state index in [4.69, 9.17) is 10.7 Å². The van der Waals surface area contributed by atoms with Crippen molar-refractivity contribution < 1.29 is 8.42 Å². The molecule has 0 fully saturated rings. The highest BCUT2D eigenvalue weighted by Gasteiger charge is 2.08. The molecule has 5 nitrogen and oxygen atoms in total. The van der Waals surface area contributed by atoms with E-state index in [9.17, 15) is 8.42 Å². The predicted molar refractivity (Wildman–Crippen MR) is 84.4 cm³/mol. The van der Waals surface area contributed by atoms with E-state index in [-0.39, 0.29) is 4.90 Å². The van der Waals surface area contributed by atoms with Crippen molar-refractivity contribution in [3.63, 3.8) is 0 Å². The molecule has 0 heterocycles. The van der Waals surface area contributed by atoms with Crippen LogP contribution in [0.3, 0.4) is 0 Å². The van der Waals surface area contributed by atoms with E-state index in [1.165, 1.54) is 12.1 Å². The third-order valence-electron chi connectivity index (χ3n) is 2.77. The van der Waals surface area contributed by atoms with Crippen molar-refractivity contribution in [3.05, 3.63) is 48.5 Å². The SMILES string of the molecule is CN(C)c1ccc(N=Nc2ccc(S(=O)(=O)Cl)cc2)cc1. The Bertz CT molecular complexity index is 739. The van der Waals surface area contributed by atoms with Crippen molar-refractivity contribution >= 4 is 36.8 Å². The second-order valence-corrected chi connectivity index (χ2v) is 7.11. The Kier molecular flexibility index (Phi) is 4.59. The first-order valence-electron chi connectivity index (χ1n) is 6.10. The van der Waals surface area contributed by atoms with Gasteiger partial charge in [0, 0.05) is 30.5 Å². The van der Waals surface area contributed by atoms with Gasteiger partial charge in [-0.05, 0) is 48.5 Å². The lowest BCUT2D eigenvalue weighted by Gasteiger charge is -2.11. The molecule has 0 unspecified atom stereocenters. The highest BCUT2D eigenvalue weighted by Crippen LogP contribution is 2.23. The summed E-state index contributed by atoms with van der Waals surface area (Å²) in [6, 6.07) is 13.5. The number of anilines is 1. The van der Waals surface area contributed by atoms with Crippen LogP contribution < -0.4 is 4.90 Å². The molecule has 2 aromatic rings. The van der Waals surface area contributed by atoms with Crippen molar-refractivity contribution in [1.29, 1.82) is 0 Å². The topological polar surface area (TPSA) is 62.1 Å². The number of hydrogen-bond acceptors (Lipinski definition) is 5. The molecule has 0 amide bonds. The fraction of sp³-hybridized carbons (Fsp3) is 0.143. The number of rotatable bonds is 4. The summed E-state index contributed by atoms with van der Waals surface area (Å²) in [5.74, 6) is 0. The van der Waals surface area contributed by atoms with E-state index in [1.54, 1.807) is 12.1 Å². The molecule has 0 aliphatic heterocycles. The first-order chi connectivity index (χ1) is 9.86. The van der Waals surface area contributed by atoms with E-state index in [0.717, 1.165) is 11.4 Å². The summed E-state index contributed by atoms with van der Waals surface area (Å²) in [4.78, 5) is 2.03. The fourth-order valence-electron chi connectivity index (χ4n) is 1.61. The average Bonchev–Trinajstić information content (AvgIpc) is 2.45. The molecule has 110 valence electrons. The quantitative estimate of drug-likeness (QED) is 0.628. The van der Waals surface area contributed by atoms with Gasteiger partial charge in [-0.3, -0.25) is 0 Å². The van der Waals surface area contributed by atoms with Gasteiger partial charge in [0.05, 0.1) is 16.3 Å². The summed E-state index contributed by atoms with van der Waals surface area (Å²) in [5, 5.41) is 8.14. The van der Waals surface area contributed by atoms with Gasteiger partial charge in [-0.2, -0.15) is 10.2 Å². The maximum atomic E-state index is 11.1. The Hall–Kier alpha value is -1.92. The van der Waals surface area contributed by atoms with E-state index < -0.39 is 9.05 Å². The summed E-state index contributed by atoms with van der Waals surface area (Å²) in [5.41, 5.74) is 2.34. The smallest absolute Gasteiger partial charge is 0.261 e. The van der Waals surface area contributed by atoms with Crippen LogP contribution in [0.1, 0.15) is 0 Å². The molecule has 0 spiro atoms. The van der Waals surface area contributed by atoms with Gasteiger partial charge >= 0.3 is 0 Å². The largest absolute Gasteiger partial charge is 0.378 e. The molecule has 2 aromatic carbocycles. The van der Waals surface area contributed by atoms with Crippen LogP contribution in [0.2, 0.25) is 0 Å². The van der Waals surface area contributed by atoms with Crippen molar-refractivity contribution in [1.82, 2.24) is 0 Å². The molecular formula is C14H14ClN3O2S. The number of hydrogen-bond donors (Lipinski definition) is 0. The highest BCUT2D eigenvalue weighted by atomic mass is 35.7. The molecule has 0 aromatic heterocycles. The van der Waals surface area contributed by atoms with Gasteiger partial charge in [-0.1, -0.05) is 0 Å². The lowest BCUT2D eigenvalue weighted by atomic mass is 10.3. The summed E-state index contributed by atoms with van der Waals surface area (Å²) >= 11 is 0. The van der Waals surface area contributed by atoms with Crippen LogP contribution in [0.15, 0.2) is 63.7 Å². The molecule has 0 saturated heterocycles. The first-order valence-corrected chi connectivity index (χ1v) is 8.41. The van der Waals surface area contributed by atoms with Crippen molar-refractivity contribution in [2.45, 2.75) is 4.90 Å². The molecule has 0 bridgehead atoms. The third kappa shape index (κ3) is 4.27. The summed E-state index contributed by atoms with van der Waals surface area (Å²) in [7, 11) is 5.46. The number of benzene rings is 2. The molecule has 21 heavy (non-hydrogen) atoms. The molecule has 0 N–H and O–H groups in total. The minimum Gasteiger partial charge on any atom is -0.378 e. The molecule has 7 heteroatoms. The average molecular weight is 324 g/mol. The van der Waals surface area contributed by atoms with Gasteiger partial charge in [-0.15, -0.1) is 0 Å². The second kappa shape index (κ2) is 6.24. The summed E-state index contributed by atoms with van der Waals surface area (Å²) < 4.78 is 22.2. The van der Waals surface area contributed by atoms with Gasteiger partial charge in [0.15, 0.2) is 0 Å². The van der Waals surface area contributed by atoms with Crippen LogP contribution in [0, 0.1) is 0 Å². The molecule has 0 radical (unpaired) electrons. The Balaban J connectivity index is 2.14. The Morgan fingerprint density at radius 1 is 0.857 bits per heavy atom. The van der Waals surface area contributed by atoms with Crippen LogP contribution in [0.5, 0.6) is 0 Å². The van der Waals surface area contributed by atoms with Gasteiger partial charge in [0.1, 0.15) is 0 Å². The van der Waals surface area contributed by atoms with Crippen molar-refractivity contribution in [2.24, 2.45) is 10.2 Å². The van der Waals surface area contributed by atoms with E-state index in [1.807, 2.05) is 43.3 Å². The van der Waals surface area contributed by atoms with Crippen molar-refractivity contribution in [3.8, 4) is 0 Å². The zero-order valence-electron chi connectivity index (χ0n) is 11.6. The van der Waals surface area contributed by atoms with E-state index in [0.29, 0.717) is 5.69 Å². The Morgan fingerprint density at radius 2 is 1.29 bits per heavy atom. The Labute approximate surface area is 128 Å². The maximum absolute atomic E-state index is 11.1. The first kappa shape index (κ1) is 15.5. The molecule has 0 saturated carbocycles. The number of nitrogens with zero attached hydrogens (tertiary/aromatic N) is 3. The third-order valence-corrected chi connectivity index (χ3v) is 4.14. The highest BCUT2D eigenvalue weighted by molar-refractivity contribution is 8.13. The van der Waals surface area contributed by atoms with Gasteiger partial charge in [-0.25, -0.2) is 8.42 Å². The minimum atomic E-state index is -3.70. The lowest BCUT2D eigenvalue weighted by Crippen LogP contribution is -2.07. The predicted octanol–water partition coefficient (Wildman–Crippen LogP) is 4.10. The molecule has 2 rings (SSSR count). The van der Waals surface area contributed by atoms with E-state index in [2.05, 4.69) is 10.2 Å². The summed E-state index contributed by atoms with van der Waals surface area (Å²) in [6.45, 7) is 0. The zero-order valence-corrected chi connectivity index (χ0v) is 13.1. The van der Waals surface area contributed by atoms with Crippen molar-refractivity contribution in [2.75, 3.05) is 19.0 Å². The van der Waals surface area contributed by atoms with Gasteiger partial charge < -0.3 is 4.90 Å². The maximum Gasteiger partial charge on any atom is 0.261 e. The normalized spacial score (nSPS) is 11.8. The number of halogens is 1. The molecule has 0 aliphatic rings. The second-order valence-electron chi connectivity index (χ2n) is 4.54. The van der Waals surface area contributed by atoms with E-state index >= 15 is 0 Å². The molecular weight excluding hydrogens is 310 g/mol. The molecule has 0 atom stereocenters. The minimum absolute atomic E-state index is 0.0402. The van der Waals surface area contributed by atoms with Crippen LogP contribution in [0.25, 0.3) is 0 Å². The van der Waals surface area contributed by atoms with Crippen LogP contribution >= 0.6 is 10.7 Å². The Morgan fingerprint density at radius 3 is 1.67 bits per heavy atom. The monoisotopic (exact) mass is 323 g/mol. The van der Waals surface area contributed by atoms with Gasteiger partial charge in [0.2, 0.25) is 0 Å². The standard InChI is InChI=1S/C14H14ClN3O2S/c1-18(2)13-7-3-11(4-8-13)16-17-12-5-9-14(10-6-12)21(15,19)20/h3-10H,1-2H3. The van der Waals surface area contributed by atoms with Gasteiger partial charge in [0.25, 0.3) is 9.05 Å². The van der Waals surface area contributed by atoms with Crippen LogP contribution in [-0.2, 0) is 9.05 Å². The molecule has 0 aliphatic carbocycles. The van der Waals surface area contributed by atoms with Crippen LogP contribution in [0.4, 0.5) is 17.1 Å². The fourth-order valence-corrected chi connectivity index (χ4v) is 2.38.